The van der Waals surface area contributed by atoms with Crippen LogP contribution < -0.4 is 14.5 Å². The third-order valence-electron chi connectivity index (χ3n) is 5.08. The molecule has 0 fully saturated rings. The first-order chi connectivity index (χ1) is 16.6. The summed E-state index contributed by atoms with van der Waals surface area (Å²) in [6.45, 7) is 3.07. The lowest BCUT2D eigenvalue weighted by Gasteiger charge is -2.25. The van der Waals surface area contributed by atoms with Gasteiger partial charge in [-0.2, -0.15) is 5.10 Å². The summed E-state index contributed by atoms with van der Waals surface area (Å²) in [7, 11) is -2.74. The first kappa shape index (κ1) is 25.4. The summed E-state index contributed by atoms with van der Waals surface area (Å²) in [6, 6.07) is 17.4. The molecule has 0 atom stereocenters. The van der Waals surface area contributed by atoms with Crippen LogP contribution in [0.5, 0.6) is 5.75 Å². The van der Waals surface area contributed by atoms with Crippen LogP contribution in [0, 0.1) is 24.0 Å². The number of nitrogens with zero attached hydrogens (tertiary/aromatic N) is 3. The van der Waals surface area contributed by atoms with E-state index >= 15 is 0 Å². The van der Waals surface area contributed by atoms with E-state index in [0.29, 0.717) is 16.8 Å². The lowest BCUT2D eigenvalue weighted by Crippen LogP contribution is -2.40. The molecule has 1 N–H and O–H groups in total. The van der Waals surface area contributed by atoms with Crippen molar-refractivity contribution in [1.29, 1.82) is 0 Å². The molecule has 0 aliphatic heterocycles. The number of hydrogen-bond acceptors (Lipinski definition) is 7. The van der Waals surface area contributed by atoms with Gasteiger partial charge >= 0.3 is 5.69 Å². The van der Waals surface area contributed by atoms with Crippen LogP contribution in [0.1, 0.15) is 16.7 Å². The highest BCUT2D eigenvalue weighted by Gasteiger charge is 2.28. The zero-order valence-corrected chi connectivity index (χ0v) is 20.2. The van der Waals surface area contributed by atoms with Crippen molar-refractivity contribution >= 4 is 33.5 Å². The van der Waals surface area contributed by atoms with E-state index in [1.54, 1.807) is 43.3 Å². The van der Waals surface area contributed by atoms with Crippen LogP contribution in [0.3, 0.4) is 0 Å². The third-order valence-corrected chi connectivity index (χ3v) is 6.86. The van der Waals surface area contributed by atoms with Crippen LogP contribution in [0.25, 0.3) is 0 Å². The lowest BCUT2D eigenvalue weighted by atomic mass is 10.2. The number of aryl methyl sites for hydroxylation is 2. The van der Waals surface area contributed by atoms with E-state index < -0.39 is 27.4 Å². The van der Waals surface area contributed by atoms with Gasteiger partial charge in [0.1, 0.15) is 6.54 Å². The number of rotatable bonds is 9. The molecule has 0 saturated carbocycles. The molecular weight excluding hydrogens is 472 g/mol. The number of nitro groups is 1. The second kappa shape index (κ2) is 10.8. The van der Waals surface area contributed by atoms with Crippen molar-refractivity contribution in [3.8, 4) is 5.75 Å². The maximum Gasteiger partial charge on any atom is 0.311 e. The minimum Gasteiger partial charge on any atom is -0.490 e. The fourth-order valence-corrected chi connectivity index (χ4v) is 4.74. The Morgan fingerprint density at radius 1 is 1.11 bits per heavy atom. The topological polar surface area (TPSA) is 131 Å². The molecular formula is C24H24N4O6S. The minimum atomic E-state index is -4.06. The fourth-order valence-electron chi connectivity index (χ4n) is 3.25. The van der Waals surface area contributed by atoms with E-state index in [9.17, 15) is 23.3 Å². The molecule has 35 heavy (non-hydrogen) atoms. The summed E-state index contributed by atoms with van der Waals surface area (Å²) in [5.41, 5.74) is 4.31. The Morgan fingerprint density at radius 2 is 1.80 bits per heavy atom. The van der Waals surface area contributed by atoms with Gasteiger partial charge in [0.2, 0.25) is 0 Å². The minimum absolute atomic E-state index is 0.0493. The van der Waals surface area contributed by atoms with Gasteiger partial charge in [-0.1, -0.05) is 35.9 Å². The van der Waals surface area contributed by atoms with E-state index in [1.807, 2.05) is 6.92 Å². The van der Waals surface area contributed by atoms with E-state index in [4.69, 9.17) is 4.74 Å². The Kier molecular flexibility index (Phi) is 7.82. The number of benzene rings is 3. The van der Waals surface area contributed by atoms with Crippen molar-refractivity contribution in [2.45, 2.75) is 18.7 Å². The second-order valence-electron chi connectivity index (χ2n) is 7.59. The largest absolute Gasteiger partial charge is 0.490 e. The van der Waals surface area contributed by atoms with Gasteiger partial charge in [-0.15, -0.1) is 0 Å². The zero-order valence-electron chi connectivity index (χ0n) is 19.3. The van der Waals surface area contributed by atoms with Crippen molar-refractivity contribution in [2.24, 2.45) is 5.10 Å². The molecule has 0 spiro atoms. The monoisotopic (exact) mass is 496 g/mol. The summed E-state index contributed by atoms with van der Waals surface area (Å²) < 4.78 is 32.8. The average molecular weight is 497 g/mol. The van der Waals surface area contributed by atoms with Gasteiger partial charge in [0.05, 0.1) is 28.8 Å². The van der Waals surface area contributed by atoms with Crippen LogP contribution in [0.2, 0.25) is 0 Å². The SMILES string of the molecule is COc1ccc(/C=N\NC(=O)CN(c2ccccc2C)S(=O)(=O)c2ccc(C)cc2)cc1[N+](=O)[O-]. The molecule has 0 unspecified atom stereocenters. The Bertz CT molecular complexity index is 1370. The third kappa shape index (κ3) is 6.01. The number of nitro benzene ring substituents is 1. The van der Waals surface area contributed by atoms with Gasteiger partial charge in [-0.3, -0.25) is 19.2 Å². The number of ether oxygens (including phenoxy) is 1. The van der Waals surface area contributed by atoms with Gasteiger partial charge in [0.25, 0.3) is 15.9 Å². The number of amides is 1. The molecule has 0 bridgehead atoms. The van der Waals surface area contributed by atoms with E-state index in [-0.39, 0.29) is 16.3 Å². The highest BCUT2D eigenvalue weighted by molar-refractivity contribution is 7.92. The van der Waals surface area contributed by atoms with Crippen molar-refractivity contribution in [1.82, 2.24) is 5.43 Å². The number of anilines is 1. The van der Waals surface area contributed by atoms with Crippen LogP contribution >= 0.6 is 0 Å². The molecule has 3 aromatic carbocycles. The summed E-state index contributed by atoms with van der Waals surface area (Å²) in [6.07, 6.45) is 1.22. The number of hydrazone groups is 1. The molecule has 1 amide bonds. The van der Waals surface area contributed by atoms with Gasteiger partial charge in [0, 0.05) is 11.6 Å². The van der Waals surface area contributed by atoms with Crippen LogP contribution in [0.4, 0.5) is 11.4 Å². The summed E-state index contributed by atoms with van der Waals surface area (Å²) in [4.78, 5) is 23.3. The molecule has 182 valence electrons. The zero-order chi connectivity index (χ0) is 25.6. The predicted molar refractivity (Wildman–Crippen MR) is 132 cm³/mol. The van der Waals surface area contributed by atoms with Crippen molar-refractivity contribution in [3.05, 3.63) is 93.5 Å². The van der Waals surface area contributed by atoms with Gasteiger partial charge < -0.3 is 4.74 Å². The molecule has 3 aromatic rings. The first-order valence-electron chi connectivity index (χ1n) is 10.4. The smallest absolute Gasteiger partial charge is 0.311 e. The number of carbonyl (C=O) groups is 1. The van der Waals surface area contributed by atoms with E-state index in [2.05, 4.69) is 10.5 Å². The van der Waals surface area contributed by atoms with Gasteiger partial charge in [-0.05, 0) is 49.7 Å². The molecule has 10 nitrogen and oxygen atoms in total. The number of nitrogens with one attached hydrogen (secondary N) is 1. The maximum absolute atomic E-state index is 13.4. The maximum atomic E-state index is 13.4. The second-order valence-corrected chi connectivity index (χ2v) is 9.46. The van der Waals surface area contributed by atoms with E-state index in [1.165, 1.54) is 43.7 Å². The molecule has 11 heteroatoms. The van der Waals surface area contributed by atoms with Crippen LogP contribution in [-0.2, 0) is 14.8 Å². The summed E-state index contributed by atoms with van der Waals surface area (Å²) in [5, 5.41) is 15.0. The number of sulfonamides is 1. The summed E-state index contributed by atoms with van der Waals surface area (Å²) in [5.74, 6) is -0.602. The molecule has 0 saturated heterocycles. The molecule has 0 aromatic heterocycles. The lowest BCUT2D eigenvalue weighted by molar-refractivity contribution is -0.385. The van der Waals surface area contributed by atoms with Crippen LogP contribution in [-0.4, -0.2) is 39.1 Å². The number of hydrogen-bond donors (Lipinski definition) is 1. The van der Waals surface area contributed by atoms with Crippen molar-refractivity contribution in [3.63, 3.8) is 0 Å². The first-order valence-corrected chi connectivity index (χ1v) is 11.9. The molecule has 3 rings (SSSR count). The fraction of sp³-hybridized carbons (Fsp3) is 0.167. The predicted octanol–water partition coefficient (Wildman–Crippen LogP) is 3.57. The Hall–Kier alpha value is -4.25. The Labute approximate surface area is 203 Å². The molecule has 0 aliphatic carbocycles. The summed E-state index contributed by atoms with van der Waals surface area (Å²) >= 11 is 0. The van der Waals surface area contributed by atoms with Crippen LogP contribution in [0.15, 0.2) is 76.7 Å². The number of methoxy groups -OCH3 is 1. The number of para-hydroxylation sites is 1. The average Bonchev–Trinajstić information content (AvgIpc) is 2.83. The van der Waals surface area contributed by atoms with Crippen molar-refractivity contribution in [2.75, 3.05) is 18.0 Å². The molecule has 0 heterocycles. The molecule has 0 aliphatic rings. The quantitative estimate of drug-likeness (QED) is 0.274. The van der Waals surface area contributed by atoms with Gasteiger partial charge in [0.15, 0.2) is 5.75 Å². The van der Waals surface area contributed by atoms with Gasteiger partial charge in [-0.25, -0.2) is 13.8 Å². The highest BCUT2D eigenvalue weighted by Crippen LogP contribution is 2.28. The normalized spacial score (nSPS) is 11.3. The standard InChI is InChI=1S/C24H24N4O6S/c1-17-8-11-20(12-9-17)35(32,33)27(21-7-5-4-6-18(21)2)16-24(29)26-25-15-19-10-13-23(34-3)22(14-19)28(30)31/h4-15H,16H2,1-3H3,(H,26,29)/b25-15-. The highest BCUT2D eigenvalue weighted by atomic mass is 32.2. The Balaban J connectivity index is 1.84. The molecule has 0 radical (unpaired) electrons. The van der Waals surface area contributed by atoms with Crippen molar-refractivity contribution < 1.29 is 22.9 Å². The van der Waals surface area contributed by atoms with E-state index in [0.717, 1.165) is 9.87 Å². The Morgan fingerprint density at radius 3 is 2.43 bits per heavy atom. The number of carbonyl (C=O) groups excluding carboxylic acids is 1.